The van der Waals surface area contributed by atoms with Gasteiger partial charge in [0, 0.05) is 0 Å². The smallest absolute Gasteiger partial charge is 0.270 e. The Balaban J connectivity index is 2.00. The molecule has 0 spiro atoms. The molecule has 0 unspecified atom stereocenters. The number of amides is 2. The van der Waals surface area contributed by atoms with E-state index in [0.717, 1.165) is 11.1 Å². The van der Waals surface area contributed by atoms with E-state index in [1.165, 1.54) is 4.90 Å². The van der Waals surface area contributed by atoms with Crippen LogP contribution in [0.5, 0.6) is 5.75 Å². The first-order valence-electron chi connectivity index (χ1n) is 7.62. The predicted molar refractivity (Wildman–Crippen MR) is 100 cm³/mol. The molecule has 0 saturated carbocycles. The van der Waals surface area contributed by atoms with Crippen LogP contribution in [0.15, 0.2) is 54.1 Å². The molecule has 1 aliphatic heterocycles. The van der Waals surface area contributed by atoms with Crippen LogP contribution in [0.2, 0.25) is 0 Å². The van der Waals surface area contributed by atoms with Crippen LogP contribution >= 0.6 is 12.2 Å². The van der Waals surface area contributed by atoms with Gasteiger partial charge < -0.3 is 4.74 Å². The second kappa shape index (κ2) is 6.86. The Morgan fingerprint density at radius 1 is 1.08 bits per heavy atom. The molecule has 1 heterocycles. The Hall–Kier alpha value is -2.99. The van der Waals surface area contributed by atoms with Crippen molar-refractivity contribution in [3.8, 4) is 5.75 Å². The van der Waals surface area contributed by atoms with Crippen molar-refractivity contribution in [1.29, 1.82) is 0 Å². The van der Waals surface area contributed by atoms with Crippen LogP contribution in [0.4, 0.5) is 5.69 Å². The summed E-state index contributed by atoms with van der Waals surface area (Å²) in [4.78, 5) is 26.5. The van der Waals surface area contributed by atoms with Gasteiger partial charge >= 0.3 is 0 Å². The van der Waals surface area contributed by atoms with Gasteiger partial charge in [-0.3, -0.25) is 19.8 Å². The Labute approximate surface area is 150 Å². The molecule has 0 aromatic heterocycles. The fourth-order valence-corrected chi connectivity index (χ4v) is 2.83. The molecule has 5 nitrogen and oxygen atoms in total. The zero-order valence-electron chi connectivity index (χ0n) is 13.8. The maximum absolute atomic E-state index is 12.9. The predicted octanol–water partition coefficient (Wildman–Crippen LogP) is 2.83. The minimum Gasteiger partial charge on any atom is -0.497 e. The second-order valence-electron chi connectivity index (χ2n) is 5.52. The molecule has 2 aromatic carbocycles. The van der Waals surface area contributed by atoms with Gasteiger partial charge in [0.15, 0.2) is 5.11 Å². The van der Waals surface area contributed by atoms with Crippen molar-refractivity contribution in [2.24, 2.45) is 0 Å². The van der Waals surface area contributed by atoms with E-state index in [1.807, 2.05) is 25.1 Å². The largest absolute Gasteiger partial charge is 0.497 e. The standard InChI is InChI=1S/C19H16N2O3S/c1-12-5-3-4-6-16(12)21-18(23)15(17(22)20-19(21)25)11-13-7-9-14(24-2)10-8-13/h3-11H,1-2H3,(H,20,22,25)/b15-11-. The lowest BCUT2D eigenvalue weighted by Crippen LogP contribution is -2.54. The first-order valence-corrected chi connectivity index (χ1v) is 8.03. The summed E-state index contributed by atoms with van der Waals surface area (Å²) < 4.78 is 5.11. The second-order valence-corrected chi connectivity index (χ2v) is 5.90. The van der Waals surface area contributed by atoms with Crippen molar-refractivity contribution >= 4 is 40.9 Å². The molecule has 1 saturated heterocycles. The number of nitrogens with one attached hydrogen (secondary N) is 1. The lowest BCUT2D eigenvalue weighted by Gasteiger charge is -2.30. The van der Waals surface area contributed by atoms with Crippen LogP contribution in [0.25, 0.3) is 6.08 Å². The highest BCUT2D eigenvalue weighted by Gasteiger charge is 2.34. The molecule has 126 valence electrons. The zero-order chi connectivity index (χ0) is 18.0. The molecule has 1 aliphatic rings. The van der Waals surface area contributed by atoms with Crippen LogP contribution in [-0.4, -0.2) is 24.0 Å². The topological polar surface area (TPSA) is 58.6 Å². The molecule has 0 radical (unpaired) electrons. The fourth-order valence-electron chi connectivity index (χ4n) is 2.56. The summed E-state index contributed by atoms with van der Waals surface area (Å²) in [5.41, 5.74) is 2.29. The number of nitrogens with zero attached hydrogens (tertiary/aromatic N) is 1. The Morgan fingerprint density at radius 3 is 2.40 bits per heavy atom. The third-order valence-electron chi connectivity index (χ3n) is 3.88. The number of hydrogen-bond acceptors (Lipinski definition) is 4. The zero-order valence-corrected chi connectivity index (χ0v) is 14.6. The summed E-state index contributed by atoms with van der Waals surface area (Å²) in [7, 11) is 1.58. The van der Waals surface area contributed by atoms with Crippen LogP contribution in [0.3, 0.4) is 0 Å². The Bertz CT molecular complexity index is 888. The van der Waals surface area contributed by atoms with Crippen molar-refractivity contribution in [3.05, 3.63) is 65.2 Å². The van der Waals surface area contributed by atoms with Gasteiger partial charge in [0.25, 0.3) is 11.8 Å². The first-order chi connectivity index (χ1) is 12.0. The van der Waals surface area contributed by atoms with Gasteiger partial charge in [-0.2, -0.15) is 0 Å². The number of thiocarbonyl (C=S) groups is 1. The molecule has 0 bridgehead atoms. The number of aryl methyl sites for hydroxylation is 1. The lowest BCUT2D eigenvalue weighted by molar-refractivity contribution is -0.122. The molecular formula is C19H16N2O3S. The van der Waals surface area contributed by atoms with Gasteiger partial charge in [0.05, 0.1) is 12.8 Å². The van der Waals surface area contributed by atoms with E-state index in [4.69, 9.17) is 17.0 Å². The number of anilines is 1. The van der Waals surface area contributed by atoms with Crippen molar-refractivity contribution < 1.29 is 14.3 Å². The van der Waals surface area contributed by atoms with Gasteiger partial charge in [-0.15, -0.1) is 0 Å². The minimum atomic E-state index is -0.504. The number of ether oxygens (including phenoxy) is 1. The molecule has 0 aliphatic carbocycles. The number of carbonyl (C=O) groups excluding carboxylic acids is 2. The van der Waals surface area contributed by atoms with Crippen LogP contribution < -0.4 is 15.0 Å². The van der Waals surface area contributed by atoms with E-state index < -0.39 is 11.8 Å². The maximum atomic E-state index is 12.9. The molecule has 1 fully saturated rings. The molecule has 2 amide bonds. The normalized spacial score (nSPS) is 16.2. The van der Waals surface area contributed by atoms with E-state index in [2.05, 4.69) is 5.32 Å². The Kier molecular flexibility index (Phi) is 4.63. The van der Waals surface area contributed by atoms with Gasteiger partial charge in [-0.05, 0) is 54.5 Å². The van der Waals surface area contributed by atoms with Crippen LogP contribution in [0.1, 0.15) is 11.1 Å². The van der Waals surface area contributed by atoms with Crippen molar-refractivity contribution in [2.75, 3.05) is 12.0 Å². The summed E-state index contributed by atoms with van der Waals surface area (Å²) >= 11 is 5.20. The fraction of sp³-hybridized carbons (Fsp3) is 0.105. The monoisotopic (exact) mass is 352 g/mol. The maximum Gasteiger partial charge on any atom is 0.270 e. The molecule has 6 heteroatoms. The number of carbonyl (C=O) groups is 2. The lowest BCUT2D eigenvalue weighted by atomic mass is 10.1. The highest BCUT2D eigenvalue weighted by molar-refractivity contribution is 7.80. The molecule has 3 rings (SSSR count). The highest BCUT2D eigenvalue weighted by Crippen LogP contribution is 2.25. The minimum absolute atomic E-state index is 0.0296. The van der Waals surface area contributed by atoms with Crippen LogP contribution in [0, 0.1) is 6.92 Å². The molecule has 1 N–H and O–H groups in total. The first kappa shape index (κ1) is 16.9. The molecular weight excluding hydrogens is 336 g/mol. The van der Waals surface area contributed by atoms with Gasteiger partial charge in [0.2, 0.25) is 0 Å². The van der Waals surface area contributed by atoms with Gasteiger partial charge in [-0.1, -0.05) is 30.3 Å². The average molecular weight is 352 g/mol. The Morgan fingerprint density at radius 2 is 1.76 bits per heavy atom. The summed E-state index contributed by atoms with van der Waals surface area (Å²) in [6.45, 7) is 1.88. The number of hydrogen-bond donors (Lipinski definition) is 1. The molecule has 2 aromatic rings. The molecule has 25 heavy (non-hydrogen) atoms. The number of para-hydroxylation sites is 1. The third-order valence-corrected chi connectivity index (χ3v) is 4.17. The molecule has 0 atom stereocenters. The van der Waals surface area contributed by atoms with Crippen LogP contribution in [-0.2, 0) is 9.59 Å². The van der Waals surface area contributed by atoms with E-state index in [9.17, 15) is 9.59 Å². The van der Waals surface area contributed by atoms with E-state index in [-0.39, 0.29) is 10.7 Å². The SMILES string of the molecule is COc1ccc(/C=C2/C(=O)NC(=S)N(c3ccccc3C)C2=O)cc1. The van der Waals surface area contributed by atoms with Crippen molar-refractivity contribution in [2.45, 2.75) is 6.92 Å². The summed E-state index contributed by atoms with van der Waals surface area (Å²) in [5, 5.41) is 2.66. The summed E-state index contributed by atoms with van der Waals surface area (Å²) in [5.74, 6) is -0.251. The van der Waals surface area contributed by atoms with E-state index in [0.29, 0.717) is 11.4 Å². The number of benzene rings is 2. The summed E-state index contributed by atoms with van der Waals surface area (Å²) in [6, 6.07) is 14.5. The van der Waals surface area contributed by atoms with Gasteiger partial charge in [-0.25, -0.2) is 0 Å². The summed E-state index contributed by atoms with van der Waals surface area (Å²) in [6.07, 6.45) is 1.55. The number of rotatable bonds is 3. The van der Waals surface area contributed by atoms with Gasteiger partial charge in [0.1, 0.15) is 11.3 Å². The quantitative estimate of drug-likeness (QED) is 0.524. The van der Waals surface area contributed by atoms with E-state index in [1.54, 1.807) is 43.5 Å². The number of methoxy groups -OCH3 is 1. The van der Waals surface area contributed by atoms with E-state index >= 15 is 0 Å². The highest BCUT2D eigenvalue weighted by atomic mass is 32.1. The van der Waals surface area contributed by atoms with Crippen molar-refractivity contribution in [3.63, 3.8) is 0 Å². The van der Waals surface area contributed by atoms with Crippen molar-refractivity contribution in [1.82, 2.24) is 5.32 Å². The third kappa shape index (κ3) is 3.29. The average Bonchev–Trinajstić information content (AvgIpc) is 2.60.